The molecular weight excluding hydrogens is 319 g/mol. The van der Waals surface area contributed by atoms with E-state index >= 15 is 0 Å². The fourth-order valence-corrected chi connectivity index (χ4v) is 1.49. The Morgan fingerprint density at radius 1 is 1.00 bits per heavy atom. The van der Waals surface area contributed by atoms with E-state index in [1.54, 1.807) is 48.8 Å². The number of carbonyl (C=O) groups excluding carboxylic acids is 2. The number of hydrogen-bond donors (Lipinski definition) is 3. The van der Waals surface area contributed by atoms with Gasteiger partial charge in [0.1, 0.15) is 11.6 Å². The molecule has 2 aromatic heterocycles. The van der Waals surface area contributed by atoms with E-state index in [0.717, 1.165) is 0 Å². The maximum Gasteiger partial charge on any atom is 1.00 e. The van der Waals surface area contributed by atoms with Gasteiger partial charge in [-0.05, 0) is 24.3 Å². The van der Waals surface area contributed by atoms with Crippen LogP contribution in [0.15, 0.2) is 48.8 Å². The topological polar surface area (TPSA) is 89.2 Å². The average Bonchev–Trinajstić information content (AvgIpc) is 2.40. The van der Waals surface area contributed by atoms with Gasteiger partial charge in [0.25, 0.3) is 10.5 Å². The summed E-state index contributed by atoms with van der Waals surface area (Å²) in [6.45, 7) is 0. The molecule has 0 saturated heterocycles. The summed E-state index contributed by atoms with van der Waals surface area (Å²) in [5.41, 5.74) is 4.34. The predicted molar refractivity (Wildman–Crippen MR) is 84.7 cm³/mol. The minimum atomic E-state index is -0.639. The molecule has 0 atom stereocenters. The van der Waals surface area contributed by atoms with Gasteiger partial charge in [-0.1, -0.05) is 37.4 Å². The van der Waals surface area contributed by atoms with E-state index in [9.17, 15) is 4.79 Å². The molecule has 0 bridgehead atoms. The van der Waals surface area contributed by atoms with Gasteiger partial charge in [0, 0.05) is 12.4 Å². The molecule has 21 heavy (non-hydrogen) atoms. The number of aromatic nitrogens is 2. The molecule has 0 unspecified atom stereocenters. The molecule has 2 rings (SSSR count). The zero-order valence-corrected chi connectivity index (χ0v) is 15.0. The van der Waals surface area contributed by atoms with Gasteiger partial charge < -0.3 is 7.16 Å². The van der Waals surface area contributed by atoms with Gasteiger partial charge in [-0.2, -0.15) is 0 Å². The van der Waals surface area contributed by atoms with Crippen molar-refractivity contribution < 1.29 is 40.6 Å². The quantitative estimate of drug-likeness (QED) is 0.524. The van der Waals surface area contributed by atoms with Crippen LogP contribution in [-0.2, 0) is 0 Å². The number of anilines is 2. The van der Waals surface area contributed by atoms with Crippen molar-refractivity contribution in [1.29, 1.82) is 0 Å². The zero-order valence-electron chi connectivity index (χ0n) is 12.2. The van der Waals surface area contributed by atoms with Crippen molar-refractivity contribution in [3.8, 4) is 0 Å². The number of hydrogen-bond acceptors (Lipinski definition) is 4. The Labute approximate surface area is 156 Å². The Bertz CT molecular complexity index is 534. The Morgan fingerprint density at radius 2 is 1.38 bits per heavy atom. The van der Waals surface area contributed by atoms with Crippen LogP contribution in [0.25, 0.3) is 0 Å². The molecule has 6 nitrogen and oxygen atoms in total. The monoisotopic (exact) mass is 332 g/mol. The molecule has 0 aliphatic heterocycles. The van der Waals surface area contributed by atoms with E-state index in [-0.39, 0.29) is 31.0 Å². The van der Waals surface area contributed by atoms with Crippen LogP contribution < -0.4 is 40.2 Å². The van der Waals surface area contributed by atoms with Crippen LogP contribution in [0.3, 0.4) is 0 Å². The van der Waals surface area contributed by atoms with Crippen LogP contribution >= 0.6 is 25.3 Å². The molecule has 106 valence electrons. The van der Waals surface area contributed by atoms with E-state index in [0.29, 0.717) is 11.6 Å². The maximum atomic E-state index is 11.5. The summed E-state index contributed by atoms with van der Waals surface area (Å²) in [5, 5.41) is -1.06. The number of amides is 2. The fraction of sp³-hybridized carbons (Fsp3) is 0. The van der Waals surface area contributed by atoms with Gasteiger partial charge in [0.15, 0.2) is 0 Å². The Balaban J connectivity index is 0. The van der Waals surface area contributed by atoms with Crippen molar-refractivity contribution >= 4 is 47.4 Å². The van der Waals surface area contributed by atoms with Gasteiger partial charge >= 0.3 is 29.6 Å². The first-order valence-electron chi connectivity index (χ1n) is 5.36. The summed E-state index contributed by atoms with van der Waals surface area (Å²) in [7, 11) is 0. The summed E-state index contributed by atoms with van der Waals surface area (Å²) in [6.07, 6.45) is 3.23. The molecule has 9 heteroatoms. The molecule has 0 spiro atoms. The van der Waals surface area contributed by atoms with E-state index in [4.69, 9.17) is 4.79 Å². The van der Waals surface area contributed by atoms with Gasteiger partial charge in [-0.3, -0.25) is 9.59 Å². The molecule has 0 aliphatic rings. The summed E-state index contributed by atoms with van der Waals surface area (Å²) < 4.78 is 0. The molecule has 2 heterocycles. The third kappa shape index (κ3) is 7.49. The Hall–Kier alpha value is -1.06. The maximum absolute atomic E-state index is 11.5. The predicted octanol–water partition coefficient (Wildman–Crippen LogP) is -0.224. The zero-order chi connectivity index (χ0) is 15.0. The first-order valence-corrected chi connectivity index (χ1v) is 6.25. The summed E-state index contributed by atoms with van der Waals surface area (Å²) in [6, 6.07) is 10.6. The molecule has 0 saturated carbocycles. The van der Waals surface area contributed by atoms with Gasteiger partial charge in [-0.15, -0.1) is 0 Å². The molecular formula is C12H13N4NaO2S2. The van der Waals surface area contributed by atoms with Crippen molar-refractivity contribution in [3.05, 3.63) is 48.8 Å². The molecule has 2 amide bonds. The van der Waals surface area contributed by atoms with Crippen molar-refractivity contribution in [3.63, 3.8) is 0 Å². The number of thiol groups is 2. The summed E-state index contributed by atoms with van der Waals surface area (Å²) in [4.78, 5) is 30.1. The SMILES string of the molecule is NC(=O)S.O=C(S)N(c1ccccn1)c1ccccn1.[H-].[Na+]. The average molecular weight is 332 g/mol. The first-order chi connectivity index (χ1) is 9.52. The molecule has 0 aliphatic carbocycles. The van der Waals surface area contributed by atoms with Crippen LogP contribution in [0.1, 0.15) is 1.43 Å². The molecule has 2 N–H and O–H groups in total. The molecule has 0 aromatic carbocycles. The number of nitrogens with two attached hydrogens (primary N) is 1. The summed E-state index contributed by atoms with van der Waals surface area (Å²) >= 11 is 6.93. The normalized spacial score (nSPS) is 8.67. The van der Waals surface area contributed by atoms with Crippen molar-refractivity contribution in [1.82, 2.24) is 9.97 Å². The number of rotatable bonds is 2. The van der Waals surface area contributed by atoms with E-state index in [2.05, 4.69) is 41.0 Å². The second-order valence-electron chi connectivity index (χ2n) is 3.33. The minimum Gasteiger partial charge on any atom is -1.00 e. The molecule has 0 fully saturated rings. The van der Waals surface area contributed by atoms with Crippen LogP contribution in [-0.4, -0.2) is 20.4 Å². The minimum absolute atomic E-state index is 0. The first kappa shape index (κ1) is 19.9. The number of nitrogens with zero attached hydrogens (tertiary/aromatic N) is 3. The third-order valence-corrected chi connectivity index (χ3v) is 2.15. The van der Waals surface area contributed by atoms with Gasteiger partial charge in [0.2, 0.25) is 0 Å². The van der Waals surface area contributed by atoms with Crippen molar-refractivity contribution in [2.24, 2.45) is 5.73 Å². The van der Waals surface area contributed by atoms with Crippen LogP contribution in [0.5, 0.6) is 0 Å². The van der Waals surface area contributed by atoms with E-state index in [1.807, 2.05) is 0 Å². The summed E-state index contributed by atoms with van der Waals surface area (Å²) in [5.74, 6) is 1.00. The van der Waals surface area contributed by atoms with Crippen molar-refractivity contribution in [2.45, 2.75) is 0 Å². The van der Waals surface area contributed by atoms with E-state index < -0.39 is 10.5 Å². The smallest absolute Gasteiger partial charge is 1.00 e. The van der Waals surface area contributed by atoms with Crippen molar-refractivity contribution in [2.75, 3.05) is 4.90 Å². The number of primary amides is 1. The molecule has 0 radical (unpaired) electrons. The van der Waals surface area contributed by atoms with Crippen LogP contribution in [0, 0.1) is 0 Å². The fourth-order valence-electron chi connectivity index (χ4n) is 1.29. The molecule has 2 aromatic rings. The Kier molecular flexibility index (Phi) is 10.1. The van der Waals surface area contributed by atoms with Gasteiger partial charge in [0.05, 0.1) is 0 Å². The Morgan fingerprint density at radius 3 is 1.62 bits per heavy atom. The number of carbonyl (C=O) groups is 2. The number of pyridine rings is 2. The standard InChI is InChI=1S/C11H9N3OS.CH3NOS.Na.H/c15-11(16)14(9-5-1-3-7-12-9)10-6-2-4-8-13-10;2-1(3)4;;/h1-8H,(H,15,16);(H3,2,3,4);;/q;;+1;-1. The van der Waals surface area contributed by atoms with Crippen LogP contribution in [0.2, 0.25) is 0 Å². The third-order valence-electron chi connectivity index (χ3n) is 1.95. The second kappa shape index (κ2) is 10.6. The van der Waals surface area contributed by atoms with E-state index in [1.165, 1.54) is 4.90 Å². The second-order valence-corrected chi connectivity index (χ2v) is 4.16. The van der Waals surface area contributed by atoms with Crippen LogP contribution in [0.4, 0.5) is 21.2 Å². The van der Waals surface area contributed by atoms with Gasteiger partial charge in [-0.25, -0.2) is 14.9 Å². The largest absolute Gasteiger partial charge is 1.00 e.